The van der Waals surface area contributed by atoms with Crippen LogP contribution in [0.2, 0.25) is 0 Å². The number of para-hydroxylation sites is 1. The number of ether oxygens (including phenoxy) is 1. The van der Waals surface area contributed by atoms with E-state index >= 15 is 0 Å². The molecule has 1 aliphatic heterocycles. The van der Waals surface area contributed by atoms with Crippen LogP contribution in [0, 0.1) is 16.0 Å². The number of benzene rings is 1. The number of nitrogens with zero attached hydrogens (tertiary/aromatic N) is 2. The Morgan fingerprint density at radius 2 is 2.08 bits per heavy atom. The Labute approximate surface area is 150 Å². The second-order valence-electron chi connectivity index (χ2n) is 6.41. The topological polar surface area (TPSA) is 98.9 Å². The first kappa shape index (κ1) is 18.0. The second kappa shape index (κ2) is 7.19. The zero-order valence-electron chi connectivity index (χ0n) is 14.7. The molecule has 1 aliphatic carbocycles. The Kier molecular flexibility index (Phi) is 4.97. The molecule has 2 atom stereocenters. The van der Waals surface area contributed by atoms with Crippen LogP contribution in [0.1, 0.15) is 44.6 Å². The summed E-state index contributed by atoms with van der Waals surface area (Å²) in [6, 6.07) is 6.26. The third-order valence-electron chi connectivity index (χ3n) is 4.84. The van der Waals surface area contributed by atoms with Gasteiger partial charge in [-0.1, -0.05) is 18.2 Å². The van der Waals surface area contributed by atoms with Crippen LogP contribution in [0.3, 0.4) is 0 Å². The van der Waals surface area contributed by atoms with Crippen LogP contribution in [0.5, 0.6) is 0 Å². The smallest absolute Gasteiger partial charge is 0.315 e. The first-order valence-corrected chi connectivity index (χ1v) is 8.67. The third-order valence-corrected chi connectivity index (χ3v) is 4.84. The van der Waals surface area contributed by atoms with Crippen molar-refractivity contribution < 1.29 is 19.2 Å². The normalized spacial score (nSPS) is 22.5. The van der Waals surface area contributed by atoms with Crippen LogP contribution in [-0.2, 0) is 14.3 Å². The fourth-order valence-corrected chi connectivity index (χ4v) is 3.80. The van der Waals surface area contributed by atoms with Gasteiger partial charge in [0.2, 0.25) is 0 Å². The molecule has 0 fully saturated rings. The summed E-state index contributed by atoms with van der Waals surface area (Å²) in [5.41, 5.74) is 1.84. The molecule has 0 amide bonds. The molecular formula is C19H20N2O5. The van der Waals surface area contributed by atoms with Crippen molar-refractivity contribution >= 4 is 23.2 Å². The highest BCUT2D eigenvalue weighted by Crippen LogP contribution is 2.45. The lowest BCUT2D eigenvalue weighted by molar-refractivity contribution is -0.385. The van der Waals surface area contributed by atoms with Gasteiger partial charge in [0.15, 0.2) is 5.78 Å². The molecule has 1 heterocycles. The van der Waals surface area contributed by atoms with E-state index in [-0.39, 0.29) is 18.1 Å². The fraction of sp³-hybridized carbons (Fsp3) is 0.421. The van der Waals surface area contributed by atoms with Gasteiger partial charge in [-0.05, 0) is 26.7 Å². The maximum atomic E-state index is 12.7. The molecule has 26 heavy (non-hydrogen) atoms. The van der Waals surface area contributed by atoms with Crippen LogP contribution in [0.4, 0.5) is 5.69 Å². The number of esters is 1. The molecule has 1 aromatic carbocycles. The lowest BCUT2D eigenvalue weighted by Crippen LogP contribution is -2.37. The average Bonchev–Trinajstić information content (AvgIpc) is 2.60. The molecule has 7 nitrogen and oxygen atoms in total. The van der Waals surface area contributed by atoms with Crippen molar-refractivity contribution in [3.05, 3.63) is 51.2 Å². The lowest BCUT2D eigenvalue weighted by atomic mass is 9.71. The summed E-state index contributed by atoms with van der Waals surface area (Å²) in [4.78, 5) is 40.9. The Morgan fingerprint density at radius 3 is 2.77 bits per heavy atom. The van der Waals surface area contributed by atoms with E-state index in [4.69, 9.17) is 4.74 Å². The number of carbonyl (C=O) groups excluding carboxylic acids is 2. The minimum atomic E-state index is -0.836. The fourth-order valence-electron chi connectivity index (χ4n) is 3.80. The van der Waals surface area contributed by atoms with Gasteiger partial charge in [-0.2, -0.15) is 0 Å². The molecule has 3 rings (SSSR count). The largest absolute Gasteiger partial charge is 0.465 e. The highest BCUT2D eigenvalue weighted by molar-refractivity contribution is 6.09. The van der Waals surface area contributed by atoms with Crippen molar-refractivity contribution in [1.82, 2.24) is 0 Å². The van der Waals surface area contributed by atoms with Crippen LogP contribution < -0.4 is 0 Å². The molecule has 0 aromatic heterocycles. The van der Waals surface area contributed by atoms with Crippen molar-refractivity contribution in [2.24, 2.45) is 10.9 Å². The van der Waals surface area contributed by atoms with Crippen LogP contribution >= 0.6 is 0 Å². The molecule has 0 radical (unpaired) electrons. The molecule has 0 spiro atoms. The number of Topliss-reactive ketones (excluding diaryl/α,β-unsaturated/α-hetero) is 1. The Bertz CT molecular complexity index is 840. The van der Waals surface area contributed by atoms with Gasteiger partial charge >= 0.3 is 5.97 Å². The van der Waals surface area contributed by atoms with Crippen molar-refractivity contribution in [3.63, 3.8) is 0 Å². The first-order valence-electron chi connectivity index (χ1n) is 8.67. The van der Waals surface area contributed by atoms with E-state index in [1.165, 1.54) is 6.07 Å². The Morgan fingerprint density at radius 1 is 1.35 bits per heavy atom. The van der Waals surface area contributed by atoms with Crippen LogP contribution in [0.15, 0.2) is 40.5 Å². The predicted molar refractivity (Wildman–Crippen MR) is 95.0 cm³/mol. The molecule has 2 aliphatic rings. The van der Waals surface area contributed by atoms with E-state index in [0.29, 0.717) is 41.8 Å². The van der Waals surface area contributed by atoms with Gasteiger partial charge in [0.1, 0.15) is 5.92 Å². The summed E-state index contributed by atoms with van der Waals surface area (Å²) in [5, 5.41) is 11.5. The molecule has 0 saturated heterocycles. The van der Waals surface area contributed by atoms with Gasteiger partial charge in [0, 0.05) is 41.0 Å². The van der Waals surface area contributed by atoms with Gasteiger partial charge in [0.25, 0.3) is 5.69 Å². The van der Waals surface area contributed by atoms with Gasteiger partial charge in [-0.3, -0.25) is 24.7 Å². The molecular weight excluding hydrogens is 336 g/mol. The van der Waals surface area contributed by atoms with Gasteiger partial charge in [-0.25, -0.2) is 0 Å². The average molecular weight is 356 g/mol. The first-order chi connectivity index (χ1) is 12.5. The Hall–Kier alpha value is -2.83. The number of aliphatic imine (C=N–C) groups is 1. The van der Waals surface area contributed by atoms with Gasteiger partial charge < -0.3 is 4.74 Å². The predicted octanol–water partition coefficient (Wildman–Crippen LogP) is 3.34. The van der Waals surface area contributed by atoms with Gasteiger partial charge in [-0.15, -0.1) is 0 Å². The summed E-state index contributed by atoms with van der Waals surface area (Å²) in [6.45, 7) is 3.60. The number of ketones is 1. The van der Waals surface area contributed by atoms with Crippen molar-refractivity contribution in [3.8, 4) is 0 Å². The maximum Gasteiger partial charge on any atom is 0.315 e. The van der Waals surface area contributed by atoms with Crippen LogP contribution in [-0.4, -0.2) is 29.0 Å². The number of hydrogen-bond acceptors (Lipinski definition) is 6. The summed E-state index contributed by atoms with van der Waals surface area (Å²) in [7, 11) is 0. The molecule has 0 N–H and O–H groups in total. The molecule has 136 valence electrons. The zero-order valence-corrected chi connectivity index (χ0v) is 14.7. The summed E-state index contributed by atoms with van der Waals surface area (Å²) in [6.07, 6.45) is 1.69. The van der Waals surface area contributed by atoms with Gasteiger partial charge in [0.05, 0.1) is 11.5 Å². The van der Waals surface area contributed by atoms with E-state index in [2.05, 4.69) is 4.99 Å². The molecule has 1 unspecified atom stereocenters. The van der Waals surface area contributed by atoms with E-state index in [1.807, 2.05) is 0 Å². The van der Waals surface area contributed by atoms with E-state index in [1.54, 1.807) is 32.0 Å². The van der Waals surface area contributed by atoms with Crippen LogP contribution in [0.25, 0.3) is 0 Å². The number of carbonyl (C=O) groups is 2. The number of nitro benzene ring substituents is 1. The van der Waals surface area contributed by atoms with Crippen molar-refractivity contribution in [2.75, 3.05) is 6.61 Å². The van der Waals surface area contributed by atoms with E-state index < -0.39 is 22.7 Å². The summed E-state index contributed by atoms with van der Waals surface area (Å²) < 4.78 is 5.20. The summed E-state index contributed by atoms with van der Waals surface area (Å²) in [5.74, 6) is -2.19. The van der Waals surface area contributed by atoms with E-state index in [9.17, 15) is 19.7 Å². The minimum absolute atomic E-state index is 0.0973. The highest BCUT2D eigenvalue weighted by atomic mass is 16.6. The second-order valence-corrected chi connectivity index (χ2v) is 6.41. The SMILES string of the molecule is CCOC(=O)C1C(C)=NC2=C(C(=O)CCC2)[C@H]1c1ccccc1[N+](=O)[O-]. The number of nitro groups is 1. The number of allylic oxidation sites excluding steroid dienone is 2. The lowest BCUT2D eigenvalue weighted by Gasteiger charge is -2.34. The molecule has 1 aromatic rings. The minimum Gasteiger partial charge on any atom is -0.465 e. The number of hydrogen-bond donors (Lipinski definition) is 0. The quantitative estimate of drug-likeness (QED) is 0.468. The highest BCUT2D eigenvalue weighted by Gasteiger charge is 2.45. The van der Waals surface area contributed by atoms with E-state index in [0.717, 1.165) is 0 Å². The summed E-state index contributed by atoms with van der Waals surface area (Å²) >= 11 is 0. The zero-order chi connectivity index (χ0) is 18.8. The molecule has 0 saturated carbocycles. The standard InChI is InChI=1S/C19H20N2O5/c1-3-26-19(23)16-11(2)20-13-8-6-10-15(22)18(13)17(16)12-7-4-5-9-14(12)21(24)25/h4-5,7,9,16-17H,3,6,8,10H2,1-2H3/t16?,17-/m0/s1. The van der Waals surface area contributed by atoms with Crippen molar-refractivity contribution in [2.45, 2.75) is 39.0 Å². The third kappa shape index (κ3) is 3.05. The Balaban J connectivity index is 2.23. The molecule has 0 bridgehead atoms. The monoisotopic (exact) mass is 356 g/mol. The number of rotatable bonds is 4. The van der Waals surface area contributed by atoms with Crippen molar-refractivity contribution in [1.29, 1.82) is 0 Å². The maximum absolute atomic E-state index is 12.7. The molecule has 7 heteroatoms.